The minimum atomic E-state index is -0.621. The van der Waals surface area contributed by atoms with Gasteiger partial charge in [-0.3, -0.25) is 10.0 Å². The summed E-state index contributed by atoms with van der Waals surface area (Å²) in [5.41, 5.74) is 1.74. The Bertz CT molecular complexity index is 340. The summed E-state index contributed by atoms with van der Waals surface area (Å²) in [6.07, 6.45) is 2.73. The first-order valence-electron chi connectivity index (χ1n) is 4.81. The lowest BCUT2D eigenvalue weighted by atomic mass is 10.3. The summed E-state index contributed by atoms with van der Waals surface area (Å²) in [7, 11) is 3.72. The molecule has 0 saturated heterocycles. The highest BCUT2D eigenvalue weighted by molar-refractivity contribution is 5.92. The van der Waals surface area contributed by atoms with E-state index in [2.05, 4.69) is 15.3 Å². The first-order valence-corrected chi connectivity index (χ1v) is 4.81. The molecular formula is C9H15N5O2. The van der Waals surface area contributed by atoms with E-state index in [1.54, 1.807) is 0 Å². The Labute approximate surface area is 93.5 Å². The van der Waals surface area contributed by atoms with Crippen molar-refractivity contribution < 1.29 is 10.0 Å². The van der Waals surface area contributed by atoms with E-state index >= 15 is 0 Å². The van der Waals surface area contributed by atoms with Crippen molar-refractivity contribution in [3.05, 3.63) is 18.0 Å². The number of nitrogens with zero attached hydrogens (tertiary/aromatic N) is 3. The molecule has 16 heavy (non-hydrogen) atoms. The van der Waals surface area contributed by atoms with Gasteiger partial charge in [-0.1, -0.05) is 0 Å². The highest BCUT2D eigenvalue weighted by Gasteiger charge is 2.07. The van der Waals surface area contributed by atoms with Crippen LogP contribution in [0.4, 0.5) is 5.95 Å². The summed E-state index contributed by atoms with van der Waals surface area (Å²) < 4.78 is 0. The van der Waals surface area contributed by atoms with Crippen LogP contribution in [0, 0.1) is 0 Å². The van der Waals surface area contributed by atoms with E-state index in [4.69, 9.17) is 5.21 Å². The first kappa shape index (κ1) is 12.3. The fourth-order valence-electron chi connectivity index (χ4n) is 1.08. The fraction of sp³-hybridized carbons (Fsp3) is 0.444. The van der Waals surface area contributed by atoms with E-state index < -0.39 is 5.91 Å². The van der Waals surface area contributed by atoms with Crippen LogP contribution in [0.1, 0.15) is 10.4 Å². The standard InChI is InChI=1S/C9H15N5O2/c1-10-3-4-14(2)9-11-5-7(6-12-9)8(15)13-16/h5-6,10,16H,3-4H2,1-2H3,(H,13,15). The summed E-state index contributed by atoms with van der Waals surface area (Å²) in [6, 6.07) is 0. The van der Waals surface area contributed by atoms with Gasteiger partial charge in [0, 0.05) is 32.5 Å². The maximum atomic E-state index is 11.0. The minimum absolute atomic E-state index is 0.216. The number of amides is 1. The Morgan fingerprint density at radius 1 is 1.50 bits per heavy atom. The lowest BCUT2D eigenvalue weighted by molar-refractivity contribution is 0.0705. The third-order valence-corrected chi connectivity index (χ3v) is 2.04. The molecule has 0 fully saturated rings. The molecule has 1 aromatic heterocycles. The fourth-order valence-corrected chi connectivity index (χ4v) is 1.08. The number of hydrogen-bond donors (Lipinski definition) is 3. The third-order valence-electron chi connectivity index (χ3n) is 2.04. The minimum Gasteiger partial charge on any atom is -0.343 e. The SMILES string of the molecule is CNCCN(C)c1ncc(C(=O)NO)cn1. The van der Waals surface area contributed by atoms with Crippen LogP contribution in [0.25, 0.3) is 0 Å². The topological polar surface area (TPSA) is 90.4 Å². The molecule has 0 unspecified atom stereocenters. The van der Waals surface area contributed by atoms with Crippen molar-refractivity contribution in [1.82, 2.24) is 20.8 Å². The van der Waals surface area contributed by atoms with Gasteiger partial charge in [0.1, 0.15) is 0 Å². The molecule has 1 amide bonds. The van der Waals surface area contributed by atoms with Crippen LogP contribution >= 0.6 is 0 Å². The molecule has 0 saturated carbocycles. The van der Waals surface area contributed by atoms with E-state index in [1.165, 1.54) is 17.9 Å². The molecular weight excluding hydrogens is 210 g/mol. The van der Waals surface area contributed by atoms with Gasteiger partial charge in [0.15, 0.2) is 0 Å². The monoisotopic (exact) mass is 225 g/mol. The zero-order chi connectivity index (χ0) is 12.0. The van der Waals surface area contributed by atoms with Gasteiger partial charge in [-0.15, -0.1) is 0 Å². The molecule has 1 aromatic rings. The highest BCUT2D eigenvalue weighted by atomic mass is 16.5. The van der Waals surface area contributed by atoms with E-state index in [9.17, 15) is 4.79 Å². The molecule has 3 N–H and O–H groups in total. The quantitative estimate of drug-likeness (QED) is 0.451. The van der Waals surface area contributed by atoms with Gasteiger partial charge < -0.3 is 10.2 Å². The van der Waals surface area contributed by atoms with Crippen LogP contribution in [0.15, 0.2) is 12.4 Å². The second-order valence-corrected chi connectivity index (χ2v) is 3.24. The lowest BCUT2D eigenvalue weighted by Crippen LogP contribution is -2.28. The molecule has 0 aromatic carbocycles. The van der Waals surface area contributed by atoms with E-state index in [-0.39, 0.29) is 5.56 Å². The van der Waals surface area contributed by atoms with Crippen molar-refractivity contribution in [1.29, 1.82) is 0 Å². The maximum absolute atomic E-state index is 11.0. The van der Waals surface area contributed by atoms with Gasteiger partial charge in [0.25, 0.3) is 5.91 Å². The van der Waals surface area contributed by atoms with Crippen LogP contribution in [0.2, 0.25) is 0 Å². The maximum Gasteiger partial charge on any atom is 0.277 e. The molecule has 0 radical (unpaired) electrons. The van der Waals surface area contributed by atoms with Gasteiger partial charge in [-0.05, 0) is 7.05 Å². The average Bonchev–Trinajstić information content (AvgIpc) is 2.35. The Kier molecular flexibility index (Phi) is 4.62. The summed E-state index contributed by atoms with van der Waals surface area (Å²) in [5, 5.41) is 11.4. The van der Waals surface area contributed by atoms with Crippen molar-refractivity contribution in [2.24, 2.45) is 0 Å². The number of carbonyl (C=O) groups is 1. The number of hydroxylamine groups is 1. The summed E-state index contributed by atoms with van der Waals surface area (Å²) >= 11 is 0. The molecule has 0 bridgehead atoms. The molecule has 88 valence electrons. The normalized spacial score (nSPS) is 9.94. The van der Waals surface area contributed by atoms with Crippen molar-refractivity contribution in [2.75, 3.05) is 32.1 Å². The predicted octanol–water partition coefficient (Wildman–Crippen LogP) is -0.749. The molecule has 1 heterocycles. The van der Waals surface area contributed by atoms with Crippen LogP contribution in [-0.2, 0) is 0 Å². The molecule has 0 aliphatic heterocycles. The largest absolute Gasteiger partial charge is 0.343 e. The van der Waals surface area contributed by atoms with Gasteiger partial charge in [0.2, 0.25) is 5.95 Å². The number of hydrogen-bond acceptors (Lipinski definition) is 6. The Morgan fingerprint density at radius 2 is 2.12 bits per heavy atom. The number of rotatable bonds is 5. The zero-order valence-electron chi connectivity index (χ0n) is 9.27. The molecule has 1 rings (SSSR count). The molecule has 0 spiro atoms. The van der Waals surface area contributed by atoms with Crippen LogP contribution in [0.3, 0.4) is 0 Å². The summed E-state index contributed by atoms with van der Waals surface area (Å²) in [6.45, 7) is 1.58. The van der Waals surface area contributed by atoms with Crippen molar-refractivity contribution >= 4 is 11.9 Å². The predicted molar refractivity (Wildman–Crippen MR) is 58.5 cm³/mol. The molecule has 0 aliphatic rings. The molecule has 0 aliphatic carbocycles. The van der Waals surface area contributed by atoms with E-state index in [1.807, 2.05) is 19.0 Å². The summed E-state index contributed by atoms with van der Waals surface area (Å²) in [4.78, 5) is 20.9. The number of aromatic nitrogens is 2. The Hall–Kier alpha value is -1.73. The first-order chi connectivity index (χ1) is 7.69. The van der Waals surface area contributed by atoms with Crippen LogP contribution in [-0.4, -0.2) is 48.3 Å². The molecule has 7 nitrogen and oxygen atoms in total. The van der Waals surface area contributed by atoms with Gasteiger partial charge >= 0.3 is 0 Å². The second kappa shape index (κ2) is 5.99. The second-order valence-electron chi connectivity index (χ2n) is 3.24. The van der Waals surface area contributed by atoms with E-state index in [0.717, 1.165) is 13.1 Å². The van der Waals surface area contributed by atoms with Crippen LogP contribution in [0.5, 0.6) is 0 Å². The number of nitrogens with one attached hydrogen (secondary N) is 2. The lowest BCUT2D eigenvalue weighted by Gasteiger charge is -2.16. The van der Waals surface area contributed by atoms with Gasteiger partial charge in [0.05, 0.1) is 5.56 Å². The van der Waals surface area contributed by atoms with E-state index in [0.29, 0.717) is 5.95 Å². The van der Waals surface area contributed by atoms with Gasteiger partial charge in [-0.25, -0.2) is 15.4 Å². The Morgan fingerprint density at radius 3 is 2.62 bits per heavy atom. The van der Waals surface area contributed by atoms with Crippen LogP contribution < -0.4 is 15.7 Å². The highest BCUT2D eigenvalue weighted by Crippen LogP contribution is 2.04. The number of carbonyl (C=O) groups excluding carboxylic acids is 1. The van der Waals surface area contributed by atoms with Gasteiger partial charge in [-0.2, -0.15) is 0 Å². The average molecular weight is 225 g/mol. The van der Waals surface area contributed by atoms with Crippen molar-refractivity contribution in [3.8, 4) is 0 Å². The number of anilines is 1. The third kappa shape index (κ3) is 3.14. The van der Waals surface area contributed by atoms with Crippen molar-refractivity contribution in [3.63, 3.8) is 0 Å². The Balaban J connectivity index is 2.67. The number of likely N-dealkylation sites (N-methyl/N-ethyl adjacent to an activating group) is 2. The molecule has 0 atom stereocenters. The molecule has 7 heteroatoms. The summed E-state index contributed by atoms with van der Waals surface area (Å²) in [5.74, 6) is -0.0887. The zero-order valence-corrected chi connectivity index (χ0v) is 9.27. The smallest absolute Gasteiger partial charge is 0.277 e. The van der Waals surface area contributed by atoms with Crippen molar-refractivity contribution in [2.45, 2.75) is 0 Å².